The Hall–Kier alpha value is -0.360. The number of carbonyl (C=O) groups is 1. The highest BCUT2D eigenvalue weighted by Crippen LogP contribution is 2.17. The Morgan fingerprint density at radius 3 is 2.82 bits per heavy atom. The van der Waals surface area contributed by atoms with Gasteiger partial charge in [0.25, 0.3) is 5.91 Å². The number of thiazole rings is 1. The van der Waals surface area contributed by atoms with Gasteiger partial charge in [0.2, 0.25) is 0 Å². The quantitative estimate of drug-likeness (QED) is 0.859. The summed E-state index contributed by atoms with van der Waals surface area (Å²) in [5.41, 5.74) is 2.57. The number of hydrogen-bond acceptors (Lipinski definition) is 4. The Morgan fingerprint density at radius 1 is 1.59 bits per heavy atom. The predicted octanol–water partition coefficient (Wildman–Crippen LogP) is 1.73. The molecular formula is C10H17Cl2N3OS. The van der Waals surface area contributed by atoms with E-state index in [1.807, 2.05) is 11.8 Å². The molecule has 0 bridgehead atoms. The SMILES string of the molecule is Cc1ncsc1C(=O)N1CCNCC1C.Cl.Cl. The van der Waals surface area contributed by atoms with E-state index in [1.54, 1.807) is 5.51 Å². The number of carbonyl (C=O) groups excluding carboxylic acids is 1. The molecule has 0 aromatic carbocycles. The third kappa shape index (κ3) is 3.55. The van der Waals surface area contributed by atoms with E-state index in [0.29, 0.717) is 0 Å². The molecule has 1 amide bonds. The highest BCUT2D eigenvalue weighted by Gasteiger charge is 2.25. The van der Waals surface area contributed by atoms with Gasteiger partial charge in [-0.3, -0.25) is 4.79 Å². The van der Waals surface area contributed by atoms with Crippen molar-refractivity contribution in [1.29, 1.82) is 0 Å². The molecule has 0 radical (unpaired) electrons. The molecule has 17 heavy (non-hydrogen) atoms. The fourth-order valence-electron chi connectivity index (χ4n) is 1.78. The van der Waals surface area contributed by atoms with E-state index in [4.69, 9.17) is 0 Å². The van der Waals surface area contributed by atoms with Gasteiger partial charge in [-0.05, 0) is 13.8 Å². The Labute approximate surface area is 118 Å². The van der Waals surface area contributed by atoms with Crippen molar-refractivity contribution in [2.75, 3.05) is 19.6 Å². The van der Waals surface area contributed by atoms with Crippen molar-refractivity contribution >= 4 is 42.1 Å². The Balaban J connectivity index is 0.00000128. The van der Waals surface area contributed by atoms with Crippen LogP contribution in [0.15, 0.2) is 5.51 Å². The molecule has 1 aromatic heterocycles. The lowest BCUT2D eigenvalue weighted by Crippen LogP contribution is -2.52. The molecule has 0 aliphatic carbocycles. The maximum atomic E-state index is 12.2. The van der Waals surface area contributed by atoms with Crippen LogP contribution >= 0.6 is 36.2 Å². The zero-order valence-electron chi connectivity index (χ0n) is 9.80. The van der Waals surface area contributed by atoms with Gasteiger partial charge in [0.05, 0.1) is 11.2 Å². The predicted molar refractivity (Wildman–Crippen MR) is 74.7 cm³/mol. The lowest BCUT2D eigenvalue weighted by atomic mass is 10.2. The van der Waals surface area contributed by atoms with Gasteiger partial charge < -0.3 is 10.2 Å². The van der Waals surface area contributed by atoms with Crippen LogP contribution in [0, 0.1) is 6.92 Å². The zero-order valence-corrected chi connectivity index (χ0v) is 12.3. The molecule has 2 rings (SSSR count). The lowest BCUT2D eigenvalue weighted by molar-refractivity contribution is 0.0660. The number of nitrogens with zero attached hydrogens (tertiary/aromatic N) is 2. The Kier molecular flexibility index (Phi) is 7.01. The molecule has 98 valence electrons. The average Bonchev–Trinajstić information content (AvgIpc) is 2.64. The summed E-state index contributed by atoms with van der Waals surface area (Å²) in [5.74, 6) is 0.129. The van der Waals surface area contributed by atoms with Gasteiger partial charge in [-0.2, -0.15) is 0 Å². The van der Waals surface area contributed by atoms with Gasteiger partial charge in [-0.25, -0.2) is 4.98 Å². The number of aromatic nitrogens is 1. The first kappa shape index (κ1) is 16.6. The molecule has 1 atom stereocenters. The largest absolute Gasteiger partial charge is 0.333 e. The Bertz CT molecular complexity index is 372. The summed E-state index contributed by atoms with van der Waals surface area (Å²) in [6, 6.07) is 0.271. The van der Waals surface area contributed by atoms with Crippen molar-refractivity contribution in [3.8, 4) is 0 Å². The molecule has 1 N–H and O–H groups in total. The van der Waals surface area contributed by atoms with Crippen molar-refractivity contribution in [3.05, 3.63) is 16.1 Å². The summed E-state index contributed by atoms with van der Waals surface area (Å²) >= 11 is 1.43. The number of rotatable bonds is 1. The van der Waals surface area contributed by atoms with Crippen LogP contribution in [0.25, 0.3) is 0 Å². The molecular weight excluding hydrogens is 281 g/mol. The van der Waals surface area contributed by atoms with Crippen molar-refractivity contribution in [1.82, 2.24) is 15.2 Å². The normalized spacial score (nSPS) is 19.2. The number of nitrogens with one attached hydrogen (secondary N) is 1. The molecule has 1 aromatic rings. The summed E-state index contributed by atoms with van der Waals surface area (Å²) in [5, 5.41) is 3.27. The standard InChI is InChI=1S/C10H15N3OS.2ClH/c1-7-5-11-3-4-13(7)10(14)9-8(2)12-6-15-9;;/h6-7,11H,3-5H2,1-2H3;2*1H. The monoisotopic (exact) mass is 297 g/mol. The van der Waals surface area contributed by atoms with Crippen LogP contribution in [0.4, 0.5) is 0 Å². The van der Waals surface area contributed by atoms with Crippen LogP contribution in [0.2, 0.25) is 0 Å². The minimum absolute atomic E-state index is 0. The average molecular weight is 298 g/mol. The summed E-state index contributed by atoms with van der Waals surface area (Å²) in [6.07, 6.45) is 0. The van der Waals surface area contributed by atoms with Crippen LogP contribution in [0.3, 0.4) is 0 Å². The number of hydrogen-bond donors (Lipinski definition) is 1. The van der Waals surface area contributed by atoms with E-state index in [9.17, 15) is 4.79 Å². The fraction of sp³-hybridized carbons (Fsp3) is 0.600. The number of amides is 1. The fourth-order valence-corrected chi connectivity index (χ4v) is 2.54. The first-order chi connectivity index (χ1) is 7.20. The third-order valence-electron chi connectivity index (χ3n) is 2.70. The molecule has 0 spiro atoms. The molecule has 2 heterocycles. The van der Waals surface area contributed by atoms with Crippen LogP contribution < -0.4 is 5.32 Å². The Morgan fingerprint density at radius 2 is 2.29 bits per heavy atom. The van der Waals surface area contributed by atoms with E-state index in [2.05, 4.69) is 17.2 Å². The number of piperazine rings is 1. The second kappa shape index (κ2) is 7.16. The molecule has 1 unspecified atom stereocenters. The van der Waals surface area contributed by atoms with Crippen LogP contribution in [0.1, 0.15) is 22.3 Å². The minimum atomic E-state index is 0. The smallest absolute Gasteiger partial charge is 0.266 e. The van der Waals surface area contributed by atoms with Crippen molar-refractivity contribution < 1.29 is 4.79 Å². The van der Waals surface area contributed by atoms with E-state index in [-0.39, 0.29) is 36.8 Å². The third-order valence-corrected chi connectivity index (χ3v) is 3.62. The molecule has 1 aliphatic heterocycles. The molecule has 4 nitrogen and oxygen atoms in total. The van der Waals surface area contributed by atoms with Gasteiger partial charge >= 0.3 is 0 Å². The summed E-state index contributed by atoms with van der Waals surface area (Å²) in [4.78, 5) is 19.0. The second-order valence-corrected chi connectivity index (χ2v) is 4.67. The highest BCUT2D eigenvalue weighted by atomic mass is 35.5. The first-order valence-electron chi connectivity index (χ1n) is 5.12. The van der Waals surface area contributed by atoms with Gasteiger partial charge in [-0.1, -0.05) is 0 Å². The zero-order chi connectivity index (χ0) is 10.8. The van der Waals surface area contributed by atoms with Crippen molar-refractivity contribution in [2.24, 2.45) is 0 Å². The van der Waals surface area contributed by atoms with E-state index in [0.717, 1.165) is 30.2 Å². The second-order valence-electron chi connectivity index (χ2n) is 3.82. The number of halogens is 2. The van der Waals surface area contributed by atoms with Gasteiger partial charge in [0.1, 0.15) is 4.88 Å². The molecule has 1 fully saturated rings. The highest BCUT2D eigenvalue weighted by molar-refractivity contribution is 7.11. The van der Waals surface area contributed by atoms with Gasteiger partial charge in [-0.15, -0.1) is 36.2 Å². The van der Waals surface area contributed by atoms with Crippen LogP contribution in [-0.4, -0.2) is 41.5 Å². The summed E-state index contributed by atoms with van der Waals surface area (Å²) in [7, 11) is 0. The molecule has 1 saturated heterocycles. The van der Waals surface area contributed by atoms with Gasteiger partial charge in [0, 0.05) is 25.7 Å². The van der Waals surface area contributed by atoms with E-state index in [1.165, 1.54) is 11.3 Å². The van der Waals surface area contributed by atoms with E-state index >= 15 is 0 Å². The topological polar surface area (TPSA) is 45.2 Å². The maximum Gasteiger partial charge on any atom is 0.266 e. The molecule has 0 saturated carbocycles. The summed E-state index contributed by atoms with van der Waals surface area (Å²) < 4.78 is 0. The first-order valence-corrected chi connectivity index (χ1v) is 6.00. The number of aryl methyl sites for hydroxylation is 1. The lowest BCUT2D eigenvalue weighted by Gasteiger charge is -2.33. The van der Waals surface area contributed by atoms with Crippen LogP contribution in [-0.2, 0) is 0 Å². The van der Waals surface area contributed by atoms with Crippen molar-refractivity contribution in [3.63, 3.8) is 0 Å². The van der Waals surface area contributed by atoms with Crippen LogP contribution in [0.5, 0.6) is 0 Å². The molecule has 1 aliphatic rings. The van der Waals surface area contributed by atoms with Gasteiger partial charge in [0.15, 0.2) is 0 Å². The summed E-state index contributed by atoms with van der Waals surface area (Å²) in [6.45, 7) is 6.51. The minimum Gasteiger partial charge on any atom is -0.333 e. The van der Waals surface area contributed by atoms with Crippen molar-refractivity contribution in [2.45, 2.75) is 19.9 Å². The molecule has 7 heteroatoms. The maximum absolute atomic E-state index is 12.2. The van der Waals surface area contributed by atoms with E-state index < -0.39 is 0 Å².